The van der Waals surface area contributed by atoms with Crippen LogP contribution >= 0.6 is 0 Å². The molecule has 0 atom stereocenters. The number of nitrogens with one attached hydrogen (secondary N) is 1. The smallest absolute Gasteiger partial charge is 0.168 e. The van der Waals surface area contributed by atoms with E-state index in [1.807, 2.05) is 12.1 Å². The lowest BCUT2D eigenvalue weighted by Gasteiger charge is -2.07. The van der Waals surface area contributed by atoms with Gasteiger partial charge in [-0.05, 0) is 37.4 Å². The van der Waals surface area contributed by atoms with Crippen molar-refractivity contribution >= 4 is 0 Å². The molecule has 1 N–H and O–H groups in total. The predicted octanol–water partition coefficient (Wildman–Crippen LogP) is 2.39. The molecule has 0 aromatic heterocycles. The fourth-order valence-corrected chi connectivity index (χ4v) is 1.77. The van der Waals surface area contributed by atoms with Gasteiger partial charge >= 0.3 is 0 Å². The molecule has 4 heteroatoms. The number of hydrogen-bond acceptors (Lipinski definition) is 3. The predicted molar refractivity (Wildman–Crippen MR) is 70.6 cm³/mol. The molecule has 0 aliphatic rings. The van der Waals surface area contributed by atoms with Gasteiger partial charge in [-0.2, -0.15) is 0 Å². The minimum absolute atomic E-state index is 0.229. The zero-order chi connectivity index (χ0) is 13.2. The molecule has 1 rings (SSSR count). The van der Waals surface area contributed by atoms with Crippen molar-refractivity contribution in [2.75, 3.05) is 33.9 Å². The van der Waals surface area contributed by atoms with Crippen molar-refractivity contribution in [2.45, 2.75) is 19.3 Å². The van der Waals surface area contributed by atoms with Crippen LogP contribution in [0, 0.1) is 5.82 Å². The summed E-state index contributed by atoms with van der Waals surface area (Å²) in [5.41, 5.74) is 0.728. The lowest BCUT2D eigenvalue weighted by Crippen LogP contribution is -2.20. The van der Waals surface area contributed by atoms with E-state index in [9.17, 15) is 4.39 Å². The Balaban J connectivity index is 2.23. The van der Waals surface area contributed by atoms with Crippen molar-refractivity contribution in [3.05, 3.63) is 29.6 Å². The van der Waals surface area contributed by atoms with E-state index in [-0.39, 0.29) is 5.82 Å². The van der Waals surface area contributed by atoms with Crippen LogP contribution in [0.5, 0.6) is 5.75 Å². The highest BCUT2D eigenvalue weighted by atomic mass is 19.1. The maximum atomic E-state index is 13.8. The second-order valence-corrected chi connectivity index (χ2v) is 4.13. The first-order valence-corrected chi connectivity index (χ1v) is 6.30. The molecular weight excluding hydrogens is 233 g/mol. The van der Waals surface area contributed by atoms with E-state index in [4.69, 9.17) is 9.47 Å². The highest BCUT2D eigenvalue weighted by Gasteiger charge is 2.07. The lowest BCUT2D eigenvalue weighted by molar-refractivity contribution is 0.199. The van der Waals surface area contributed by atoms with Crippen LogP contribution in [0.25, 0.3) is 0 Å². The number of hydrogen-bond donors (Lipinski definition) is 1. The topological polar surface area (TPSA) is 30.5 Å². The third-order valence-electron chi connectivity index (χ3n) is 2.80. The van der Waals surface area contributed by atoms with E-state index in [2.05, 4.69) is 5.32 Å². The molecule has 0 heterocycles. The van der Waals surface area contributed by atoms with Gasteiger partial charge in [0, 0.05) is 13.7 Å². The number of rotatable bonds is 9. The summed E-state index contributed by atoms with van der Waals surface area (Å²) in [6, 6.07) is 5.29. The van der Waals surface area contributed by atoms with Crippen molar-refractivity contribution < 1.29 is 13.9 Å². The Morgan fingerprint density at radius 1 is 1.17 bits per heavy atom. The molecule has 0 aliphatic carbocycles. The van der Waals surface area contributed by atoms with Gasteiger partial charge in [-0.1, -0.05) is 12.1 Å². The van der Waals surface area contributed by atoms with E-state index in [1.165, 1.54) is 7.11 Å². The van der Waals surface area contributed by atoms with Gasteiger partial charge < -0.3 is 14.8 Å². The summed E-state index contributed by atoms with van der Waals surface area (Å²) in [4.78, 5) is 0. The number of unbranched alkanes of at least 4 members (excludes halogenated alkanes) is 1. The van der Waals surface area contributed by atoms with Crippen molar-refractivity contribution in [3.8, 4) is 5.75 Å². The van der Waals surface area contributed by atoms with Gasteiger partial charge in [0.05, 0.1) is 13.7 Å². The Morgan fingerprint density at radius 2 is 2.00 bits per heavy atom. The summed E-state index contributed by atoms with van der Waals surface area (Å²) in [5, 5.41) is 3.27. The standard InChI is InChI=1S/C14H22FNO2/c1-17-11-10-16-9-4-3-6-12-7-5-8-13(18-2)14(12)15/h5,7-8,16H,3-4,6,9-11H2,1-2H3. The van der Waals surface area contributed by atoms with E-state index in [0.29, 0.717) is 5.75 Å². The van der Waals surface area contributed by atoms with Crippen LogP contribution in [0.2, 0.25) is 0 Å². The Labute approximate surface area is 108 Å². The SMILES string of the molecule is COCCNCCCCc1cccc(OC)c1F. The van der Waals surface area contributed by atoms with Gasteiger partial charge in [0.25, 0.3) is 0 Å². The molecular formula is C14H22FNO2. The number of halogens is 1. The summed E-state index contributed by atoms with van der Waals surface area (Å²) < 4.78 is 23.7. The first-order chi connectivity index (χ1) is 8.79. The van der Waals surface area contributed by atoms with Crippen LogP contribution in [-0.2, 0) is 11.2 Å². The minimum atomic E-state index is -0.229. The van der Waals surface area contributed by atoms with Gasteiger partial charge in [-0.25, -0.2) is 4.39 Å². The Kier molecular flexibility index (Phi) is 7.37. The van der Waals surface area contributed by atoms with Crippen LogP contribution in [0.15, 0.2) is 18.2 Å². The van der Waals surface area contributed by atoms with Gasteiger partial charge in [-0.15, -0.1) is 0 Å². The average Bonchev–Trinajstić information content (AvgIpc) is 2.39. The maximum absolute atomic E-state index is 13.8. The Morgan fingerprint density at radius 3 is 2.72 bits per heavy atom. The van der Waals surface area contributed by atoms with E-state index in [1.54, 1.807) is 13.2 Å². The third-order valence-corrected chi connectivity index (χ3v) is 2.80. The van der Waals surface area contributed by atoms with Gasteiger partial charge in [0.15, 0.2) is 11.6 Å². The second kappa shape index (κ2) is 8.89. The van der Waals surface area contributed by atoms with Gasteiger partial charge in [0.2, 0.25) is 0 Å². The first kappa shape index (κ1) is 14.9. The molecule has 18 heavy (non-hydrogen) atoms. The van der Waals surface area contributed by atoms with E-state index < -0.39 is 0 Å². The van der Waals surface area contributed by atoms with E-state index >= 15 is 0 Å². The van der Waals surface area contributed by atoms with Crippen LogP contribution in [0.3, 0.4) is 0 Å². The molecule has 0 unspecified atom stereocenters. The van der Waals surface area contributed by atoms with Crippen LogP contribution in [0.1, 0.15) is 18.4 Å². The summed E-state index contributed by atoms with van der Waals surface area (Å²) in [6.45, 7) is 2.53. The number of ether oxygens (including phenoxy) is 2. The summed E-state index contributed by atoms with van der Waals surface area (Å²) in [6.07, 6.45) is 2.74. The lowest BCUT2D eigenvalue weighted by atomic mass is 10.1. The molecule has 0 aliphatic heterocycles. The summed E-state index contributed by atoms with van der Waals surface area (Å²) >= 11 is 0. The van der Waals surface area contributed by atoms with Crippen LogP contribution in [0.4, 0.5) is 4.39 Å². The van der Waals surface area contributed by atoms with Crippen molar-refractivity contribution in [2.24, 2.45) is 0 Å². The summed E-state index contributed by atoms with van der Waals surface area (Å²) in [5.74, 6) is 0.0954. The molecule has 0 saturated carbocycles. The second-order valence-electron chi connectivity index (χ2n) is 4.13. The molecule has 3 nitrogen and oxygen atoms in total. The zero-order valence-electron chi connectivity index (χ0n) is 11.2. The molecule has 0 amide bonds. The molecule has 0 spiro atoms. The maximum Gasteiger partial charge on any atom is 0.168 e. The number of methoxy groups -OCH3 is 2. The average molecular weight is 255 g/mol. The largest absolute Gasteiger partial charge is 0.494 e. The van der Waals surface area contributed by atoms with Gasteiger partial charge in [-0.3, -0.25) is 0 Å². The van der Waals surface area contributed by atoms with Crippen molar-refractivity contribution in [1.82, 2.24) is 5.32 Å². The highest BCUT2D eigenvalue weighted by Crippen LogP contribution is 2.21. The minimum Gasteiger partial charge on any atom is -0.494 e. The molecule has 1 aromatic rings. The molecule has 102 valence electrons. The monoisotopic (exact) mass is 255 g/mol. The quantitative estimate of drug-likeness (QED) is 0.687. The van der Waals surface area contributed by atoms with Gasteiger partial charge in [0.1, 0.15) is 0 Å². The molecule has 0 radical (unpaired) electrons. The Bertz CT molecular complexity index is 345. The fraction of sp³-hybridized carbons (Fsp3) is 0.571. The third kappa shape index (κ3) is 5.02. The highest BCUT2D eigenvalue weighted by molar-refractivity contribution is 5.31. The Hall–Kier alpha value is -1.13. The van der Waals surface area contributed by atoms with Crippen LogP contribution in [-0.4, -0.2) is 33.9 Å². The molecule has 0 bridgehead atoms. The fourth-order valence-electron chi connectivity index (χ4n) is 1.77. The number of benzene rings is 1. The molecule has 0 fully saturated rings. The molecule has 1 aromatic carbocycles. The van der Waals surface area contributed by atoms with Crippen molar-refractivity contribution in [3.63, 3.8) is 0 Å². The van der Waals surface area contributed by atoms with E-state index in [0.717, 1.165) is 44.5 Å². The van der Waals surface area contributed by atoms with Crippen LogP contribution < -0.4 is 10.1 Å². The normalized spacial score (nSPS) is 10.6. The molecule has 0 saturated heterocycles. The zero-order valence-corrected chi connectivity index (χ0v) is 11.2. The first-order valence-electron chi connectivity index (χ1n) is 6.30. The number of aryl methyl sites for hydroxylation is 1. The van der Waals surface area contributed by atoms with Crippen molar-refractivity contribution in [1.29, 1.82) is 0 Å². The summed E-state index contributed by atoms with van der Waals surface area (Å²) in [7, 11) is 3.18.